The van der Waals surface area contributed by atoms with Crippen LogP contribution in [0.15, 0.2) is 54.6 Å². The topological polar surface area (TPSA) is 64.4 Å². The number of nitrogens with one attached hydrogen (secondary N) is 1. The number of ether oxygens (including phenoxy) is 1. The minimum atomic E-state index is -4.49. The molecule has 4 nitrogen and oxygen atoms in total. The van der Waals surface area contributed by atoms with Crippen LogP contribution in [0.4, 0.5) is 13.2 Å². The Bertz CT molecular complexity index is 696. The molecule has 0 aliphatic rings. The minimum absolute atomic E-state index is 0. The zero-order chi connectivity index (χ0) is 18.3. The first-order valence-corrected chi connectivity index (χ1v) is 7.74. The Hall–Kier alpha value is -2.25. The molecule has 3 N–H and O–H groups in total. The van der Waals surface area contributed by atoms with Crippen LogP contribution >= 0.6 is 12.4 Å². The average molecular weight is 389 g/mol. The summed E-state index contributed by atoms with van der Waals surface area (Å²) in [5.74, 6) is -0.644. The molecule has 8 heteroatoms. The third-order valence-corrected chi connectivity index (χ3v) is 3.49. The second-order valence-electron chi connectivity index (χ2n) is 5.43. The lowest BCUT2D eigenvalue weighted by Gasteiger charge is -2.15. The van der Waals surface area contributed by atoms with Crippen molar-refractivity contribution >= 4 is 18.3 Å². The van der Waals surface area contributed by atoms with Gasteiger partial charge in [-0.1, -0.05) is 42.5 Å². The number of benzene rings is 2. The maximum absolute atomic E-state index is 12.8. The van der Waals surface area contributed by atoms with Gasteiger partial charge in [-0.2, -0.15) is 13.2 Å². The summed E-state index contributed by atoms with van der Waals surface area (Å²) < 4.78 is 43.6. The molecule has 0 aromatic heterocycles. The van der Waals surface area contributed by atoms with Crippen molar-refractivity contribution in [3.63, 3.8) is 0 Å². The Morgan fingerprint density at radius 1 is 1.08 bits per heavy atom. The Morgan fingerprint density at radius 2 is 1.69 bits per heavy atom. The fraction of sp³-hybridized carbons (Fsp3) is 0.278. The lowest BCUT2D eigenvalue weighted by atomic mass is 10.1. The second-order valence-corrected chi connectivity index (χ2v) is 5.43. The standard InChI is InChI=1S/C18H19F3N2O2.ClH/c19-18(20,21)14-8-4-5-9-16(14)25-11-10-23-17(24)15(22)12-13-6-2-1-3-7-13;/h1-9,15H,10-12,22H2,(H,23,24);1H/t15-;/m0./s1. The average Bonchev–Trinajstić information content (AvgIpc) is 2.59. The quantitative estimate of drug-likeness (QED) is 0.716. The van der Waals surface area contributed by atoms with Crippen LogP contribution in [0.3, 0.4) is 0 Å². The van der Waals surface area contributed by atoms with Crippen molar-refractivity contribution in [3.05, 3.63) is 65.7 Å². The van der Waals surface area contributed by atoms with Gasteiger partial charge in [0.05, 0.1) is 18.2 Å². The Labute approximate surface area is 155 Å². The zero-order valence-electron chi connectivity index (χ0n) is 13.8. The molecule has 0 radical (unpaired) electrons. The van der Waals surface area contributed by atoms with Crippen molar-refractivity contribution in [2.75, 3.05) is 13.2 Å². The van der Waals surface area contributed by atoms with E-state index in [1.165, 1.54) is 18.2 Å². The van der Waals surface area contributed by atoms with Crippen molar-refractivity contribution < 1.29 is 22.7 Å². The van der Waals surface area contributed by atoms with Crippen LogP contribution in [-0.2, 0) is 17.4 Å². The lowest BCUT2D eigenvalue weighted by Crippen LogP contribution is -2.43. The van der Waals surface area contributed by atoms with Gasteiger partial charge in [0.15, 0.2) is 0 Å². The van der Waals surface area contributed by atoms with Crippen molar-refractivity contribution in [1.82, 2.24) is 5.32 Å². The van der Waals surface area contributed by atoms with Gasteiger partial charge in [-0.05, 0) is 24.1 Å². The molecule has 0 unspecified atom stereocenters. The number of hydrogen-bond acceptors (Lipinski definition) is 3. The molecule has 0 saturated heterocycles. The van der Waals surface area contributed by atoms with Crippen molar-refractivity contribution in [2.24, 2.45) is 5.73 Å². The number of alkyl halides is 3. The Kier molecular flexibility index (Phi) is 8.41. The second kappa shape index (κ2) is 10.0. The first-order chi connectivity index (χ1) is 11.9. The van der Waals surface area contributed by atoms with Crippen LogP contribution in [0.5, 0.6) is 5.75 Å². The van der Waals surface area contributed by atoms with Crippen LogP contribution in [-0.4, -0.2) is 25.1 Å². The van der Waals surface area contributed by atoms with Crippen molar-refractivity contribution in [1.29, 1.82) is 0 Å². The third kappa shape index (κ3) is 6.57. The highest BCUT2D eigenvalue weighted by Crippen LogP contribution is 2.35. The normalized spacial score (nSPS) is 12.0. The third-order valence-electron chi connectivity index (χ3n) is 3.49. The molecule has 0 spiro atoms. The van der Waals surface area contributed by atoms with Gasteiger partial charge in [-0.25, -0.2) is 0 Å². The van der Waals surface area contributed by atoms with E-state index >= 15 is 0 Å². The number of rotatable bonds is 7. The lowest BCUT2D eigenvalue weighted by molar-refractivity contribution is -0.139. The predicted octanol–water partition coefficient (Wildman–Crippen LogP) is 3.19. The number of para-hydroxylation sites is 1. The molecule has 0 saturated carbocycles. The summed E-state index contributed by atoms with van der Waals surface area (Å²) in [5.41, 5.74) is 5.91. The van der Waals surface area contributed by atoms with Crippen LogP contribution in [0, 0.1) is 0 Å². The molecule has 0 aliphatic heterocycles. The molecule has 1 amide bonds. The summed E-state index contributed by atoms with van der Waals surface area (Å²) in [5, 5.41) is 2.56. The monoisotopic (exact) mass is 388 g/mol. The number of halogens is 4. The molecule has 0 aliphatic carbocycles. The van der Waals surface area contributed by atoms with Gasteiger partial charge in [0.2, 0.25) is 5.91 Å². The van der Waals surface area contributed by atoms with Gasteiger partial charge in [-0.15, -0.1) is 12.4 Å². The van der Waals surface area contributed by atoms with E-state index in [4.69, 9.17) is 10.5 Å². The summed E-state index contributed by atoms with van der Waals surface area (Å²) in [6.07, 6.45) is -4.11. The maximum atomic E-state index is 12.8. The molecule has 2 rings (SSSR count). The Morgan fingerprint density at radius 3 is 2.35 bits per heavy atom. The first kappa shape index (κ1) is 21.8. The van der Waals surface area contributed by atoms with E-state index in [9.17, 15) is 18.0 Å². The summed E-state index contributed by atoms with van der Waals surface area (Å²) in [4.78, 5) is 11.9. The van der Waals surface area contributed by atoms with Gasteiger partial charge >= 0.3 is 6.18 Å². The zero-order valence-corrected chi connectivity index (χ0v) is 14.6. The van der Waals surface area contributed by atoms with Gasteiger partial charge in [0.25, 0.3) is 0 Å². The van der Waals surface area contributed by atoms with E-state index in [0.29, 0.717) is 6.42 Å². The highest BCUT2D eigenvalue weighted by Gasteiger charge is 2.33. The predicted molar refractivity (Wildman–Crippen MR) is 95.3 cm³/mol. The largest absolute Gasteiger partial charge is 0.491 e. The summed E-state index contributed by atoms with van der Waals surface area (Å²) in [6, 6.07) is 13.5. The van der Waals surface area contributed by atoms with Crippen molar-refractivity contribution in [3.8, 4) is 5.75 Å². The number of amides is 1. The summed E-state index contributed by atoms with van der Waals surface area (Å²) >= 11 is 0. The number of carbonyl (C=O) groups is 1. The first-order valence-electron chi connectivity index (χ1n) is 7.74. The molecule has 142 valence electrons. The fourth-order valence-corrected chi connectivity index (χ4v) is 2.25. The Balaban J connectivity index is 0.00000338. The fourth-order valence-electron chi connectivity index (χ4n) is 2.25. The van der Waals surface area contributed by atoms with Gasteiger partial charge in [-0.3, -0.25) is 4.79 Å². The molecular formula is C18H20ClF3N2O2. The van der Waals surface area contributed by atoms with Gasteiger partial charge in [0, 0.05) is 0 Å². The van der Waals surface area contributed by atoms with Crippen LogP contribution in [0.2, 0.25) is 0 Å². The number of hydrogen-bond donors (Lipinski definition) is 2. The molecule has 2 aromatic carbocycles. The summed E-state index contributed by atoms with van der Waals surface area (Å²) in [6.45, 7) is -0.0234. The molecule has 0 bridgehead atoms. The van der Waals surface area contributed by atoms with E-state index in [-0.39, 0.29) is 37.2 Å². The molecule has 2 aromatic rings. The highest BCUT2D eigenvalue weighted by atomic mass is 35.5. The number of carbonyl (C=O) groups excluding carboxylic acids is 1. The van der Waals surface area contributed by atoms with E-state index in [0.717, 1.165) is 11.6 Å². The smallest absolute Gasteiger partial charge is 0.419 e. The van der Waals surface area contributed by atoms with Crippen LogP contribution in [0.25, 0.3) is 0 Å². The SMILES string of the molecule is Cl.N[C@@H](Cc1ccccc1)C(=O)NCCOc1ccccc1C(F)(F)F. The molecular weight excluding hydrogens is 369 g/mol. The van der Waals surface area contributed by atoms with Crippen LogP contribution in [0.1, 0.15) is 11.1 Å². The minimum Gasteiger partial charge on any atom is -0.491 e. The van der Waals surface area contributed by atoms with Gasteiger partial charge < -0.3 is 15.8 Å². The molecule has 0 fully saturated rings. The van der Waals surface area contributed by atoms with E-state index in [1.807, 2.05) is 30.3 Å². The number of nitrogens with two attached hydrogens (primary N) is 1. The molecule has 1 atom stereocenters. The van der Waals surface area contributed by atoms with E-state index in [1.54, 1.807) is 0 Å². The summed E-state index contributed by atoms with van der Waals surface area (Å²) in [7, 11) is 0. The molecule has 0 heterocycles. The maximum Gasteiger partial charge on any atom is 0.419 e. The van der Waals surface area contributed by atoms with E-state index in [2.05, 4.69) is 5.32 Å². The van der Waals surface area contributed by atoms with Gasteiger partial charge in [0.1, 0.15) is 12.4 Å². The highest BCUT2D eigenvalue weighted by molar-refractivity contribution is 5.85. The van der Waals surface area contributed by atoms with Crippen LogP contribution < -0.4 is 15.8 Å². The molecule has 26 heavy (non-hydrogen) atoms. The van der Waals surface area contributed by atoms with E-state index < -0.39 is 17.8 Å². The van der Waals surface area contributed by atoms with Crippen molar-refractivity contribution in [2.45, 2.75) is 18.6 Å².